The average Bonchev–Trinajstić information content (AvgIpc) is 2.86. The summed E-state index contributed by atoms with van der Waals surface area (Å²) in [5.74, 6) is -0.367. The highest BCUT2D eigenvalue weighted by molar-refractivity contribution is 7.80. The van der Waals surface area contributed by atoms with E-state index in [1.54, 1.807) is 6.07 Å². The van der Waals surface area contributed by atoms with Crippen molar-refractivity contribution in [3.63, 3.8) is 0 Å². The van der Waals surface area contributed by atoms with Crippen LogP contribution >= 0.6 is 23.6 Å². The molecule has 2 N–H and O–H groups in total. The quantitative estimate of drug-likeness (QED) is 0.660. The summed E-state index contributed by atoms with van der Waals surface area (Å²) in [6, 6.07) is 10.0. The molecule has 0 aliphatic heterocycles. The van der Waals surface area contributed by atoms with Gasteiger partial charge in [0, 0.05) is 11.4 Å². The summed E-state index contributed by atoms with van der Waals surface area (Å²) in [4.78, 5) is 12.7. The maximum Gasteiger partial charge on any atom is 0.340 e. The predicted octanol–water partition coefficient (Wildman–Crippen LogP) is 3.64. The molecule has 4 nitrogen and oxygen atoms in total. The number of benzene rings is 1. The summed E-state index contributed by atoms with van der Waals surface area (Å²) in [5, 5.41) is 7.38. The third-order valence-electron chi connectivity index (χ3n) is 3.06. The first-order valence-corrected chi connectivity index (χ1v) is 8.01. The van der Waals surface area contributed by atoms with Crippen LogP contribution < -0.4 is 10.6 Å². The number of thiocarbonyl (C=S) groups is 1. The van der Waals surface area contributed by atoms with Crippen LogP contribution in [0.3, 0.4) is 0 Å². The second-order valence-electron chi connectivity index (χ2n) is 4.88. The van der Waals surface area contributed by atoms with Gasteiger partial charge in [0.1, 0.15) is 5.00 Å². The van der Waals surface area contributed by atoms with Crippen molar-refractivity contribution in [1.82, 2.24) is 5.32 Å². The topological polar surface area (TPSA) is 50.4 Å². The van der Waals surface area contributed by atoms with E-state index in [1.807, 2.05) is 6.92 Å². The summed E-state index contributed by atoms with van der Waals surface area (Å²) in [5.41, 5.74) is 2.87. The first kappa shape index (κ1) is 16.5. The molecular weight excluding hydrogens is 316 g/mol. The minimum absolute atomic E-state index is 0.367. The number of carbonyl (C=O) groups excluding carboxylic acids is 1. The van der Waals surface area contributed by atoms with Gasteiger partial charge >= 0.3 is 5.97 Å². The van der Waals surface area contributed by atoms with Crippen molar-refractivity contribution >= 4 is 39.6 Å². The molecule has 1 heterocycles. The van der Waals surface area contributed by atoms with Gasteiger partial charge in [0.25, 0.3) is 0 Å². The molecule has 6 heteroatoms. The smallest absolute Gasteiger partial charge is 0.340 e. The minimum atomic E-state index is -0.367. The predicted molar refractivity (Wildman–Crippen MR) is 94.6 cm³/mol. The third kappa shape index (κ3) is 4.29. The molecule has 2 rings (SSSR count). The normalized spacial score (nSPS) is 10.1. The van der Waals surface area contributed by atoms with Crippen LogP contribution in [0.2, 0.25) is 0 Å². The SMILES string of the molecule is COC(=O)c1cc(C)sc1NC(=S)NCc1ccc(C)cc1. The molecule has 0 unspecified atom stereocenters. The second-order valence-corrected chi connectivity index (χ2v) is 6.55. The molecule has 0 fully saturated rings. The van der Waals surface area contributed by atoms with Crippen LogP contribution in [0.1, 0.15) is 26.4 Å². The van der Waals surface area contributed by atoms with Crippen LogP contribution in [0.5, 0.6) is 0 Å². The Hall–Kier alpha value is -1.92. The van der Waals surface area contributed by atoms with Crippen LogP contribution in [-0.2, 0) is 11.3 Å². The minimum Gasteiger partial charge on any atom is -0.465 e. The first-order chi connectivity index (χ1) is 10.5. The standard InChI is InChI=1S/C16H18N2O2S2/c1-10-4-6-12(7-5-10)9-17-16(21)18-14-13(15(19)20-3)8-11(2)22-14/h4-8H,9H2,1-3H3,(H2,17,18,21). The Bertz CT molecular complexity index is 678. The fourth-order valence-electron chi connectivity index (χ4n) is 1.90. The van der Waals surface area contributed by atoms with Crippen molar-refractivity contribution in [2.24, 2.45) is 0 Å². The van der Waals surface area contributed by atoms with E-state index in [1.165, 1.54) is 24.0 Å². The van der Waals surface area contributed by atoms with Crippen molar-refractivity contribution < 1.29 is 9.53 Å². The molecule has 116 valence electrons. The van der Waals surface area contributed by atoms with Gasteiger partial charge in [0.15, 0.2) is 5.11 Å². The van der Waals surface area contributed by atoms with E-state index in [2.05, 4.69) is 41.8 Å². The molecule has 2 aromatic rings. The zero-order valence-corrected chi connectivity index (χ0v) is 14.4. The Morgan fingerprint density at radius 2 is 1.95 bits per heavy atom. The molecule has 1 aromatic carbocycles. The summed E-state index contributed by atoms with van der Waals surface area (Å²) in [6.45, 7) is 4.62. The third-order valence-corrected chi connectivity index (χ3v) is 4.27. The van der Waals surface area contributed by atoms with Crippen molar-refractivity contribution in [1.29, 1.82) is 0 Å². The van der Waals surface area contributed by atoms with Gasteiger partial charge in [-0.1, -0.05) is 29.8 Å². The summed E-state index contributed by atoms with van der Waals surface area (Å²) >= 11 is 6.76. The first-order valence-electron chi connectivity index (χ1n) is 6.78. The zero-order chi connectivity index (χ0) is 16.1. The number of hydrogen-bond acceptors (Lipinski definition) is 4. The van der Waals surface area contributed by atoms with Crippen LogP contribution in [0.15, 0.2) is 30.3 Å². The average molecular weight is 334 g/mol. The number of thiophene rings is 1. The van der Waals surface area contributed by atoms with E-state index in [0.29, 0.717) is 22.2 Å². The van der Waals surface area contributed by atoms with Gasteiger partial charge in [0.05, 0.1) is 12.7 Å². The highest BCUT2D eigenvalue weighted by atomic mass is 32.1. The molecule has 0 aliphatic rings. The van der Waals surface area contributed by atoms with Crippen LogP contribution in [0.25, 0.3) is 0 Å². The summed E-state index contributed by atoms with van der Waals surface area (Å²) in [7, 11) is 1.37. The number of esters is 1. The molecule has 0 radical (unpaired) electrons. The molecule has 0 spiro atoms. The molecule has 0 atom stereocenters. The Balaban J connectivity index is 1.97. The van der Waals surface area contributed by atoms with Gasteiger partial charge in [-0.05, 0) is 37.7 Å². The molecule has 22 heavy (non-hydrogen) atoms. The maximum absolute atomic E-state index is 11.7. The van der Waals surface area contributed by atoms with Gasteiger partial charge in [-0.2, -0.15) is 0 Å². The number of ether oxygens (including phenoxy) is 1. The lowest BCUT2D eigenvalue weighted by atomic mass is 10.1. The molecule has 0 amide bonds. The zero-order valence-electron chi connectivity index (χ0n) is 12.7. The Morgan fingerprint density at radius 1 is 1.27 bits per heavy atom. The van der Waals surface area contributed by atoms with E-state index in [4.69, 9.17) is 17.0 Å². The van der Waals surface area contributed by atoms with E-state index >= 15 is 0 Å². The highest BCUT2D eigenvalue weighted by Gasteiger charge is 2.16. The van der Waals surface area contributed by atoms with Gasteiger partial charge in [0.2, 0.25) is 0 Å². The molecule has 0 aliphatic carbocycles. The molecule has 0 bridgehead atoms. The van der Waals surface area contributed by atoms with E-state index < -0.39 is 0 Å². The van der Waals surface area contributed by atoms with Crippen molar-refractivity contribution in [3.05, 3.63) is 51.9 Å². The largest absolute Gasteiger partial charge is 0.465 e. The van der Waals surface area contributed by atoms with E-state index in [0.717, 1.165) is 10.4 Å². The Morgan fingerprint density at radius 3 is 2.59 bits per heavy atom. The highest BCUT2D eigenvalue weighted by Crippen LogP contribution is 2.28. The van der Waals surface area contributed by atoms with Gasteiger partial charge in [-0.3, -0.25) is 0 Å². The Labute approximate surface area is 139 Å². The summed E-state index contributed by atoms with van der Waals surface area (Å²) in [6.07, 6.45) is 0. The maximum atomic E-state index is 11.7. The van der Waals surface area contributed by atoms with Crippen LogP contribution in [-0.4, -0.2) is 18.2 Å². The van der Waals surface area contributed by atoms with Crippen LogP contribution in [0.4, 0.5) is 5.00 Å². The fourth-order valence-corrected chi connectivity index (χ4v) is 3.05. The number of anilines is 1. The van der Waals surface area contributed by atoms with E-state index in [-0.39, 0.29) is 5.97 Å². The number of carbonyl (C=O) groups is 1. The number of hydrogen-bond donors (Lipinski definition) is 2. The molecule has 1 aromatic heterocycles. The fraction of sp³-hybridized carbons (Fsp3) is 0.250. The molecular formula is C16H18N2O2S2. The molecule has 0 saturated heterocycles. The molecule has 0 saturated carbocycles. The van der Waals surface area contributed by atoms with Gasteiger partial charge in [-0.15, -0.1) is 11.3 Å². The number of methoxy groups -OCH3 is 1. The monoisotopic (exact) mass is 334 g/mol. The second kappa shape index (κ2) is 7.38. The van der Waals surface area contributed by atoms with Gasteiger partial charge in [-0.25, -0.2) is 4.79 Å². The van der Waals surface area contributed by atoms with Crippen LogP contribution in [0, 0.1) is 13.8 Å². The summed E-state index contributed by atoms with van der Waals surface area (Å²) < 4.78 is 4.78. The Kier molecular flexibility index (Phi) is 5.51. The lowest BCUT2D eigenvalue weighted by molar-refractivity contribution is 0.0602. The van der Waals surface area contributed by atoms with E-state index in [9.17, 15) is 4.79 Å². The lowest BCUT2D eigenvalue weighted by Crippen LogP contribution is -2.28. The number of nitrogens with one attached hydrogen (secondary N) is 2. The number of aryl methyl sites for hydroxylation is 2. The van der Waals surface area contributed by atoms with Gasteiger partial charge < -0.3 is 15.4 Å². The van der Waals surface area contributed by atoms with Crippen molar-refractivity contribution in [2.75, 3.05) is 12.4 Å². The van der Waals surface area contributed by atoms with Crippen molar-refractivity contribution in [3.8, 4) is 0 Å². The number of rotatable bonds is 4. The lowest BCUT2D eigenvalue weighted by Gasteiger charge is -2.10. The van der Waals surface area contributed by atoms with Crippen molar-refractivity contribution in [2.45, 2.75) is 20.4 Å².